The Hall–Kier alpha value is -3.68. The molecule has 2 aromatic carbocycles. The van der Waals surface area contributed by atoms with Crippen LogP contribution in [0.15, 0.2) is 54.7 Å². The van der Waals surface area contributed by atoms with Crippen LogP contribution in [0.3, 0.4) is 0 Å². The van der Waals surface area contributed by atoms with E-state index in [1.807, 2.05) is 0 Å². The fourth-order valence-corrected chi connectivity index (χ4v) is 3.95. The molecule has 8 heteroatoms. The van der Waals surface area contributed by atoms with Crippen LogP contribution in [0.1, 0.15) is 30.1 Å². The van der Waals surface area contributed by atoms with Gasteiger partial charge in [0.2, 0.25) is 0 Å². The average Bonchev–Trinajstić information content (AvgIpc) is 3.28. The predicted octanol–water partition coefficient (Wildman–Crippen LogP) is 4.10. The number of halogens is 1. The SMILES string of the molecule is COc1cccc(-c2nn(-c3ccc(F)cc3)cc2C(=O)OCC(=O)N2CCCC(C)C2)c1. The molecule has 1 unspecified atom stereocenters. The van der Waals surface area contributed by atoms with Gasteiger partial charge >= 0.3 is 5.97 Å². The molecule has 1 atom stereocenters. The van der Waals surface area contributed by atoms with Crippen molar-refractivity contribution in [3.8, 4) is 22.7 Å². The molecular formula is C25H26FN3O4. The summed E-state index contributed by atoms with van der Waals surface area (Å²) in [5, 5.41) is 4.55. The van der Waals surface area contributed by atoms with Gasteiger partial charge in [-0.1, -0.05) is 19.1 Å². The lowest BCUT2D eigenvalue weighted by molar-refractivity contribution is -0.136. The van der Waals surface area contributed by atoms with E-state index in [0.29, 0.717) is 41.7 Å². The maximum atomic E-state index is 13.4. The largest absolute Gasteiger partial charge is 0.497 e. The molecule has 0 radical (unpaired) electrons. The molecule has 1 saturated heterocycles. The zero-order chi connectivity index (χ0) is 23.4. The Labute approximate surface area is 191 Å². The molecule has 1 aliphatic heterocycles. The van der Waals surface area contributed by atoms with Gasteiger partial charge < -0.3 is 14.4 Å². The van der Waals surface area contributed by atoms with E-state index in [-0.39, 0.29) is 23.9 Å². The quantitative estimate of drug-likeness (QED) is 0.528. The highest BCUT2D eigenvalue weighted by atomic mass is 19.1. The number of amides is 1. The van der Waals surface area contributed by atoms with Crippen LogP contribution in [0.4, 0.5) is 4.39 Å². The third-order valence-corrected chi connectivity index (χ3v) is 5.70. The first-order valence-corrected chi connectivity index (χ1v) is 10.9. The van der Waals surface area contributed by atoms with Gasteiger partial charge in [-0.2, -0.15) is 5.10 Å². The standard InChI is InChI=1S/C25H26FN3O4/c1-17-5-4-12-28(14-17)23(30)16-33-25(31)22-15-29(20-10-8-19(26)9-11-20)27-24(22)18-6-3-7-21(13-18)32-2/h3,6-11,13,15,17H,4-5,12,14,16H2,1-2H3. The molecule has 1 amide bonds. The van der Waals surface area contributed by atoms with E-state index in [0.717, 1.165) is 12.8 Å². The lowest BCUT2D eigenvalue weighted by Gasteiger charge is -2.30. The summed E-state index contributed by atoms with van der Waals surface area (Å²) < 4.78 is 25.5. The Balaban J connectivity index is 1.60. The zero-order valence-corrected chi connectivity index (χ0v) is 18.7. The molecule has 0 aliphatic carbocycles. The second-order valence-electron chi connectivity index (χ2n) is 8.21. The Morgan fingerprint density at radius 3 is 2.70 bits per heavy atom. The van der Waals surface area contributed by atoms with E-state index in [1.54, 1.807) is 48.4 Å². The first-order chi connectivity index (χ1) is 15.9. The van der Waals surface area contributed by atoms with Crippen LogP contribution in [-0.2, 0) is 9.53 Å². The van der Waals surface area contributed by atoms with Crippen LogP contribution in [0.25, 0.3) is 16.9 Å². The van der Waals surface area contributed by atoms with Crippen molar-refractivity contribution in [3.63, 3.8) is 0 Å². The van der Waals surface area contributed by atoms with Crippen LogP contribution >= 0.6 is 0 Å². The van der Waals surface area contributed by atoms with E-state index in [9.17, 15) is 14.0 Å². The molecule has 0 N–H and O–H groups in total. The molecule has 1 aliphatic rings. The highest BCUT2D eigenvalue weighted by molar-refractivity contribution is 5.97. The minimum atomic E-state index is -0.653. The Morgan fingerprint density at radius 1 is 1.18 bits per heavy atom. The summed E-state index contributed by atoms with van der Waals surface area (Å²) in [6, 6.07) is 12.9. The minimum Gasteiger partial charge on any atom is -0.497 e. The van der Waals surface area contributed by atoms with Gasteiger partial charge in [0.05, 0.1) is 12.8 Å². The Kier molecular flexibility index (Phi) is 6.72. The normalized spacial score (nSPS) is 15.8. The van der Waals surface area contributed by atoms with Gasteiger partial charge in [-0.05, 0) is 55.2 Å². The summed E-state index contributed by atoms with van der Waals surface area (Å²) in [5.74, 6) is -0.183. The zero-order valence-electron chi connectivity index (χ0n) is 18.7. The van der Waals surface area contributed by atoms with Gasteiger partial charge in [-0.25, -0.2) is 13.9 Å². The van der Waals surface area contributed by atoms with Crippen molar-refractivity contribution in [2.24, 2.45) is 5.92 Å². The van der Waals surface area contributed by atoms with Gasteiger partial charge in [0, 0.05) is 24.8 Å². The molecule has 0 saturated carbocycles. The molecule has 172 valence electrons. The number of aromatic nitrogens is 2. The third kappa shape index (κ3) is 5.22. The van der Waals surface area contributed by atoms with E-state index in [4.69, 9.17) is 9.47 Å². The molecule has 2 heterocycles. The summed E-state index contributed by atoms with van der Waals surface area (Å²) in [6.07, 6.45) is 3.57. The molecule has 0 spiro atoms. The van der Waals surface area contributed by atoms with Crippen molar-refractivity contribution in [1.29, 1.82) is 0 Å². The van der Waals surface area contributed by atoms with Gasteiger partial charge in [-0.3, -0.25) is 4.79 Å². The summed E-state index contributed by atoms with van der Waals surface area (Å²) in [6.45, 7) is 3.13. The summed E-state index contributed by atoms with van der Waals surface area (Å²) in [4.78, 5) is 27.3. The Bertz CT molecular complexity index is 1140. The van der Waals surface area contributed by atoms with Crippen molar-refractivity contribution in [1.82, 2.24) is 14.7 Å². The fourth-order valence-electron chi connectivity index (χ4n) is 3.95. The van der Waals surface area contributed by atoms with E-state index in [1.165, 1.54) is 23.0 Å². The second kappa shape index (κ2) is 9.85. The number of ether oxygens (including phenoxy) is 2. The Morgan fingerprint density at radius 2 is 1.97 bits per heavy atom. The van der Waals surface area contributed by atoms with Gasteiger partial charge in [0.25, 0.3) is 5.91 Å². The molecule has 1 aromatic heterocycles. The molecule has 7 nitrogen and oxygen atoms in total. The molecule has 4 rings (SSSR count). The van der Waals surface area contributed by atoms with Crippen LogP contribution in [0.2, 0.25) is 0 Å². The van der Waals surface area contributed by atoms with Crippen molar-refractivity contribution in [3.05, 3.63) is 66.1 Å². The van der Waals surface area contributed by atoms with Crippen molar-refractivity contribution >= 4 is 11.9 Å². The summed E-state index contributed by atoms with van der Waals surface area (Å²) in [7, 11) is 1.55. The number of likely N-dealkylation sites (tertiary alicyclic amines) is 1. The lowest BCUT2D eigenvalue weighted by Crippen LogP contribution is -2.41. The van der Waals surface area contributed by atoms with Crippen LogP contribution in [0.5, 0.6) is 5.75 Å². The highest BCUT2D eigenvalue weighted by Crippen LogP contribution is 2.27. The number of hydrogen-bond acceptors (Lipinski definition) is 5. The molecular weight excluding hydrogens is 425 g/mol. The lowest BCUT2D eigenvalue weighted by atomic mass is 10.0. The van der Waals surface area contributed by atoms with Crippen molar-refractivity contribution in [2.75, 3.05) is 26.8 Å². The highest BCUT2D eigenvalue weighted by Gasteiger charge is 2.24. The van der Waals surface area contributed by atoms with Crippen LogP contribution in [0, 0.1) is 11.7 Å². The predicted molar refractivity (Wildman–Crippen MR) is 121 cm³/mol. The number of carbonyl (C=O) groups excluding carboxylic acids is 2. The van der Waals surface area contributed by atoms with Gasteiger partial charge in [0.15, 0.2) is 6.61 Å². The van der Waals surface area contributed by atoms with E-state index in [2.05, 4.69) is 12.0 Å². The number of benzene rings is 2. The van der Waals surface area contributed by atoms with Crippen LogP contribution < -0.4 is 4.74 Å². The number of carbonyl (C=O) groups is 2. The molecule has 33 heavy (non-hydrogen) atoms. The third-order valence-electron chi connectivity index (χ3n) is 5.70. The van der Waals surface area contributed by atoms with Crippen LogP contribution in [-0.4, -0.2) is 53.4 Å². The maximum Gasteiger partial charge on any atom is 0.342 e. The van der Waals surface area contributed by atoms with Gasteiger partial charge in [0.1, 0.15) is 22.8 Å². The number of esters is 1. The molecule has 1 fully saturated rings. The number of rotatable bonds is 6. The molecule has 0 bridgehead atoms. The first-order valence-electron chi connectivity index (χ1n) is 10.9. The molecule has 3 aromatic rings. The summed E-state index contributed by atoms with van der Waals surface area (Å²) >= 11 is 0. The second-order valence-corrected chi connectivity index (χ2v) is 8.21. The maximum absolute atomic E-state index is 13.4. The monoisotopic (exact) mass is 451 g/mol. The fraction of sp³-hybridized carbons (Fsp3) is 0.320. The topological polar surface area (TPSA) is 73.7 Å². The minimum absolute atomic E-state index is 0.201. The number of methoxy groups -OCH3 is 1. The van der Waals surface area contributed by atoms with Gasteiger partial charge in [-0.15, -0.1) is 0 Å². The van der Waals surface area contributed by atoms with E-state index >= 15 is 0 Å². The van der Waals surface area contributed by atoms with Crippen molar-refractivity contribution < 1.29 is 23.5 Å². The average molecular weight is 451 g/mol. The first kappa shape index (κ1) is 22.5. The van der Waals surface area contributed by atoms with Crippen molar-refractivity contribution in [2.45, 2.75) is 19.8 Å². The van der Waals surface area contributed by atoms with E-state index < -0.39 is 5.97 Å². The summed E-state index contributed by atoms with van der Waals surface area (Å²) in [5.41, 5.74) is 1.81. The number of piperidine rings is 1. The number of nitrogens with zero attached hydrogens (tertiary/aromatic N) is 3. The smallest absolute Gasteiger partial charge is 0.342 e. The number of hydrogen-bond donors (Lipinski definition) is 0.